The number of esters is 1. The average Bonchev–Trinajstić information content (AvgIpc) is 3.15. The van der Waals surface area contributed by atoms with Crippen molar-refractivity contribution in [1.82, 2.24) is 0 Å². The molecule has 34 heavy (non-hydrogen) atoms. The van der Waals surface area contributed by atoms with Crippen molar-refractivity contribution < 1.29 is 9.53 Å². The first-order valence-corrected chi connectivity index (χ1v) is 15.4. The molecular formula is C32H56O2. The van der Waals surface area contributed by atoms with Crippen LogP contribution < -0.4 is 0 Å². The van der Waals surface area contributed by atoms with Crippen molar-refractivity contribution in [3.8, 4) is 0 Å². The highest BCUT2D eigenvalue weighted by molar-refractivity contribution is 5.69. The van der Waals surface area contributed by atoms with Gasteiger partial charge in [-0.15, -0.1) is 0 Å². The Balaban J connectivity index is 1.48. The molecule has 196 valence electrons. The molecule has 0 amide bonds. The summed E-state index contributed by atoms with van der Waals surface area (Å²) in [6.45, 7) is 14.7. The molecule has 0 saturated heterocycles. The quantitative estimate of drug-likeness (QED) is 0.313. The molecule has 0 aromatic carbocycles. The Morgan fingerprint density at radius 3 is 2.44 bits per heavy atom. The number of rotatable bonds is 9. The molecule has 4 rings (SSSR count). The lowest BCUT2D eigenvalue weighted by atomic mass is 9.44. The first kappa shape index (κ1) is 26.5. The summed E-state index contributed by atoms with van der Waals surface area (Å²) in [4.78, 5) is 12.7. The smallest absolute Gasteiger partial charge is 0.306 e. The zero-order valence-corrected chi connectivity index (χ0v) is 23.5. The maximum absolute atomic E-state index is 12.7. The Morgan fingerprint density at radius 2 is 1.71 bits per heavy atom. The summed E-state index contributed by atoms with van der Waals surface area (Å²) in [5, 5.41) is 0. The van der Waals surface area contributed by atoms with Gasteiger partial charge in [-0.2, -0.15) is 0 Å². The number of hydrogen-bond acceptors (Lipinski definition) is 2. The fourth-order valence-electron chi connectivity index (χ4n) is 10.0. The fraction of sp³-hybridized carbons (Fsp3) is 0.969. The molecule has 0 radical (unpaired) electrons. The highest BCUT2D eigenvalue weighted by Gasteiger charge is 2.62. The topological polar surface area (TPSA) is 26.3 Å². The summed E-state index contributed by atoms with van der Waals surface area (Å²) in [5.74, 6) is 6.01. The minimum Gasteiger partial charge on any atom is -0.462 e. The van der Waals surface area contributed by atoms with E-state index in [0.29, 0.717) is 11.8 Å². The van der Waals surface area contributed by atoms with Gasteiger partial charge >= 0.3 is 5.97 Å². The molecule has 2 heteroatoms. The van der Waals surface area contributed by atoms with E-state index in [-0.39, 0.29) is 17.5 Å². The van der Waals surface area contributed by atoms with Gasteiger partial charge in [0.25, 0.3) is 0 Å². The maximum Gasteiger partial charge on any atom is 0.306 e. The Hall–Kier alpha value is -0.530. The van der Waals surface area contributed by atoms with Crippen molar-refractivity contribution in [2.75, 3.05) is 0 Å². The van der Waals surface area contributed by atoms with Gasteiger partial charge in [0.15, 0.2) is 0 Å². The molecule has 0 spiro atoms. The van der Waals surface area contributed by atoms with Crippen LogP contribution >= 0.6 is 0 Å². The lowest BCUT2D eigenvalue weighted by Crippen LogP contribution is -2.58. The lowest BCUT2D eigenvalue weighted by molar-refractivity contribution is -0.192. The molecule has 0 aromatic heterocycles. The van der Waals surface area contributed by atoms with E-state index in [2.05, 4.69) is 41.5 Å². The van der Waals surface area contributed by atoms with Gasteiger partial charge in [-0.3, -0.25) is 4.79 Å². The molecule has 0 aromatic rings. The van der Waals surface area contributed by atoms with Gasteiger partial charge in [0.05, 0.1) is 0 Å². The molecule has 0 N–H and O–H groups in total. The van der Waals surface area contributed by atoms with E-state index in [9.17, 15) is 4.79 Å². The zero-order valence-electron chi connectivity index (χ0n) is 23.5. The fourth-order valence-corrected chi connectivity index (χ4v) is 10.0. The SMILES string of the molecule is CCCCC(=O)OC1CCC[C@H]2CC[C@H]3[C@@H]4CC[C@H]([C@H](C)CCCC(C)C)[C@@]4(C)CC[C@@H]3[C@@]12C. The van der Waals surface area contributed by atoms with E-state index in [4.69, 9.17) is 4.74 Å². The molecule has 9 atom stereocenters. The number of ether oxygens (including phenoxy) is 1. The first-order valence-electron chi connectivity index (χ1n) is 15.4. The Bertz CT molecular complexity index is 684. The number of hydrogen-bond donors (Lipinski definition) is 0. The highest BCUT2D eigenvalue weighted by atomic mass is 16.5. The maximum atomic E-state index is 12.7. The van der Waals surface area contributed by atoms with Crippen LogP contribution in [0.25, 0.3) is 0 Å². The van der Waals surface area contributed by atoms with E-state index < -0.39 is 0 Å². The monoisotopic (exact) mass is 472 g/mol. The van der Waals surface area contributed by atoms with E-state index >= 15 is 0 Å². The molecule has 4 aliphatic carbocycles. The van der Waals surface area contributed by atoms with Crippen LogP contribution in [-0.2, 0) is 9.53 Å². The van der Waals surface area contributed by atoms with Crippen LogP contribution in [0, 0.1) is 52.3 Å². The molecular weight excluding hydrogens is 416 g/mol. The van der Waals surface area contributed by atoms with Crippen LogP contribution in [0.5, 0.6) is 0 Å². The van der Waals surface area contributed by atoms with E-state index in [1.807, 2.05) is 0 Å². The predicted molar refractivity (Wildman–Crippen MR) is 142 cm³/mol. The van der Waals surface area contributed by atoms with Gasteiger partial charge < -0.3 is 4.74 Å². The Morgan fingerprint density at radius 1 is 0.912 bits per heavy atom. The van der Waals surface area contributed by atoms with Crippen molar-refractivity contribution in [3.05, 3.63) is 0 Å². The van der Waals surface area contributed by atoms with Gasteiger partial charge in [-0.05, 0) is 111 Å². The molecule has 2 nitrogen and oxygen atoms in total. The second-order valence-electron chi connectivity index (χ2n) is 14.1. The Labute approximate surface area is 211 Å². The van der Waals surface area contributed by atoms with Gasteiger partial charge in [0, 0.05) is 11.8 Å². The van der Waals surface area contributed by atoms with Crippen LogP contribution in [0.4, 0.5) is 0 Å². The third-order valence-corrected chi connectivity index (χ3v) is 11.9. The number of unbranched alkanes of at least 4 members (excludes halogenated alkanes) is 1. The molecule has 4 fully saturated rings. The van der Waals surface area contributed by atoms with Gasteiger partial charge in [-0.25, -0.2) is 0 Å². The second kappa shape index (κ2) is 10.8. The average molecular weight is 473 g/mol. The van der Waals surface area contributed by atoms with Crippen molar-refractivity contribution in [3.63, 3.8) is 0 Å². The normalized spacial score (nSPS) is 42.6. The lowest BCUT2D eigenvalue weighted by Gasteiger charge is -2.62. The molecule has 0 bridgehead atoms. The molecule has 0 aliphatic heterocycles. The summed E-state index contributed by atoms with van der Waals surface area (Å²) < 4.78 is 6.34. The zero-order chi connectivity index (χ0) is 24.5. The first-order chi connectivity index (χ1) is 16.2. The minimum atomic E-state index is 0.0765. The molecule has 0 heterocycles. The highest BCUT2D eigenvalue weighted by Crippen LogP contribution is 2.68. The van der Waals surface area contributed by atoms with Crippen LogP contribution in [0.2, 0.25) is 0 Å². The summed E-state index contributed by atoms with van der Waals surface area (Å²) in [6.07, 6.45) is 19.3. The molecule has 4 saturated carbocycles. The van der Waals surface area contributed by atoms with E-state index in [1.54, 1.807) is 0 Å². The number of carbonyl (C=O) groups excluding carboxylic acids is 1. The summed E-state index contributed by atoms with van der Waals surface area (Å²) in [5.41, 5.74) is 0.759. The van der Waals surface area contributed by atoms with Gasteiger partial charge in [-0.1, -0.05) is 67.2 Å². The van der Waals surface area contributed by atoms with Crippen LogP contribution in [0.3, 0.4) is 0 Å². The van der Waals surface area contributed by atoms with Crippen molar-refractivity contribution in [2.45, 2.75) is 144 Å². The van der Waals surface area contributed by atoms with Crippen molar-refractivity contribution in [2.24, 2.45) is 52.3 Å². The second-order valence-corrected chi connectivity index (χ2v) is 14.1. The van der Waals surface area contributed by atoms with Crippen molar-refractivity contribution in [1.29, 1.82) is 0 Å². The molecule has 4 aliphatic rings. The predicted octanol–water partition coefficient (Wildman–Crippen LogP) is 9.21. The number of carbonyl (C=O) groups is 1. The van der Waals surface area contributed by atoms with Crippen LogP contribution in [0.1, 0.15) is 138 Å². The summed E-state index contributed by atoms with van der Waals surface area (Å²) in [7, 11) is 0. The van der Waals surface area contributed by atoms with Gasteiger partial charge in [0.1, 0.15) is 6.10 Å². The minimum absolute atomic E-state index is 0.0765. The van der Waals surface area contributed by atoms with Gasteiger partial charge in [0.2, 0.25) is 0 Å². The van der Waals surface area contributed by atoms with Crippen molar-refractivity contribution >= 4 is 5.97 Å². The summed E-state index contributed by atoms with van der Waals surface area (Å²) >= 11 is 0. The van der Waals surface area contributed by atoms with Crippen LogP contribution in [0.15, 0.2) is 0 Å². The third kappa shape index (κ3) is 4.87. The van der Waals surface area contributed by atoms with E-state index in [1.165, 1.54) is 70.6 Å². The largest absolute Gasteiger partial charge is 0.462 e. The standard InChI is InChI=1S/C32H56O2/c1-7-8-15-30(33)34-29-14-10-13-24-16-17-25-27-19-18-26(23(4)12-9-11-22(2)3)31(27,5)21-20-28(25)32(24,29)6/h22-29H,7-21H2,1-6H3/t23-,24+,25+,26-,27+,28+,29?,31-,32+/m1/s1. The van der Waals surface area contributed by atoms with E-state index in [0.717, 1.165) is 60.7 Å². The number of fused-ring (bicyclic) bond motifs is 5. The Kier molecular flexibility index (Phi) is 8.46. The third-order valence-electron chi connectivity index (χ3n) is 11.9. The van der Waals surface area contributed by atoms with Crippen LogP contribution in [-0.4, -0.2) is 12.1 Å². The molecule has 1 unspecified atom stereocenters. The summed E-state index contributed by atoms with van der Waals surface area (Å²) in [6, 6.07) is 0.